The van der Waals surface area contributed by atoms with Gasteiger partial charge in [0.05, 0.1) is 17.5 Å². The highest BCUT2D eigenvalue weighted by atomic mass is 32.2. The molecule has 0 N–H and O–H groups in total. The van der Waals surface area contributed by atoms with Crippen LogP contribution in [0.15, 0.2) is 17.6 Å². The van der Waals surface area contributed by atoms with E-state index in [9.17, 15) is 13.2 Å². The van der Waals surface area contributed by atoms with Crippen LogP contribution < -0.4 is 0 Å². The Balaban J connectivity index is 2.26. The number of aliphatic imine (C=N–C) groups is 1. The summed E-state index contributed by atoms with van der Waals surface area (Å²) in [7, 11) is -2.97. The number of nitrogens with zero attached hydrogens (tertiary/aromatic N) is 2. The molecule has 0 unspecified atom stereocenters. The number of rotatable bonds is 2. The fraction of sp³-hybridized carbons (Fsp3) is 0.692. The second kappa shape index (κ2) is 5.18. The summed E-state index contributed by atoms with van der Waals surface area (Å²) in [4.78, 5) is 18.1. The maximum absolute atomic E-state index is 12.0. The highest BCUT2D eigenvalue weighted by Crippen LogP contribution is 2.38. The lowest BCUT2D eigenvalue weighted by Gasteiger charge is -2.23. The molecule has 7 heteroatoms. The number of amidine groups is 1. The minimum atomic E-state index is -2.97. The van der Waals surface area contributed by atoms with Gasteiger partial charge in [-0.25, -0.2) is 8.42 Å². The first-order chi connectivity index (χ1) is 9.14. The number of hydrogen-bond acceptors (Lipinski definition) is 4. The van der Waals surface area contributed by atoms with Crippen LogP contribution in [0, 0.1) is 5.41 Å². The highest BCUT2D eigenvalue weighted by Gasteiger charge is 2.48. The number of carbonyl (C=O) groups excluding carboxylic acids is 1. The van der Waals surface area contributed by atoms with Crippen LogP contribution in [0.4, 0.5) is 0 Å². The SMILES string of the molecule is C=CCN1C(=NC(=O)C(C)(C)C)S[C@@H]2CS(=O)(=O)C[C@H]21. The van der Waals surface area contributed by atoms with Gasteiger partial charge in [-0.3, -0.25) is 4.79 Å². The molecule has 0 saturated carbocycles. The van der Waals surface area contributed by atoms with Gasteiger partial charge in [0.15, 0.2) is 15.0 Å². The third-order valence-corrected chi connectivity index (χ3v) is 6.59. The molecule has 0 aromatic carbocycles. The van der Waals surface area contributed by atoms with E-state index >= 15 is 0 Å². The summed E-state index contributed by atoms with van der Waals surface area (Å²) < 4.78 is 23.4. The Morgan fingerprint density at radius 3 is 2.70 bits per heavy atom. The first-order valence-electron chi connectivity index (χ1n) is 6.52. The van der Waals surface area contributed by atoms with Crippen LogP contribution in [0.1, 0.15) is 20.8 Å². The van der Waals surface area contributed by atoms with Crippen molar-refractivity contribution in [3.05, 3.63) is 12.7 Å². The van der Waals surface area contributed by atoms with Gasteiger partial charge >= 0.3 is 0 Å². The van der Waals surface area contributed by atoms with Crippen molar-refractivity contribution in [2.75, 3.05) is 18.1 Å². The van der Waals surface area contributed by atoms with E-state index in [-0.39, 0.29) is 28.7 Å². The topological polar surface area (TPSA) is 66.8 Å². The summed E-state index contributed by atoms with van der Waals surface area (Å²) in [5.74, 6) is 0.122. The second-order valence-electron chi connectivity index (χ2n) is 6.19. The molecule has 5 nitrogen and oxygen atoms in total. The zero-order valence-electron chi connectivity index (χ0n) is 12.0. The lowest BCUT2D eigenvalue weighted by atomic mass is 9.96. The fourth-order valence-electron chi connectivity index (χ4n) is 2.24. The lowest BCUT2D eigenvalue weighted by molar-refractivity contribution is -0.124. The predicted molar refractivity (Wildman–Crippen MR) is 82.6 cm³/mol. The molecule has 0 radical (unpaired) electrons. The second-order valence-corrected chi connectivity index (χ2v) is 9.55. The smallest absolute Gasteiger partial charge is 0.253 e. The largest absolute Gasteiger partial charge is 0.342 e. The summed E-state index contributed by atoms with van der Waals surface area (Å²) in [6, 6.07) is -0.0884. The van der Waals surface area contributed by atoms with E-state index in [1.807, 2.05) is 25.7 Å². The minimum Gasteiger partial charge on any atom is -0.342 e. The molecular weight excluding hydrogens is 296 g/mol. The molecule has 2 aliphatic rings. The van der Waals surface area contributed by atoms with Gasteiger partial charge in [0.2, 0.25) is 0 Å². The molecule has 2 heterocycles. The molecule has 20 heavy (non-hydrogen) atoms. The summed E-state index contributed by atoms with van der Waals surface area (Å²) in [6.45, 7) is 9.68. The molecule has 0 bridgehead atoms. The van der Waals surface area contributed by atoms with Crippen molar-refractivity contribution >= 4 is 32.7 Å². The Bertz CT molecular complexity index is 561. The van der Waals surface area contributed by atoms with E-state index in [0.717, 1.165) is 0 Å². The van der Waals surface area contributed by atoms with Gasteiger partial charge in [-0.05, 0) is 0 Å². The molecule has 112 valence electrons. The van der Waals surface area contributed by atoms with E-state index in [2.05, 4.69) is 11.6 Å². The molecule has 2 saturated heterocycles. The lowest BCUT2D eigenvalue weighted by Crippen LogP contribution is -2.38. The Morgan fingerprint density at radius 2 is 2.15 bits per heavy atom. The molecule has 0 spiro atoms. The predicted octanol–water partition coefficient (Wildman–Crippen LogP) is 1.32. The zero-order valence-corrected chi connectivity index (χ0v) is 13.6. The molecule has 2 atom stereocenters. The summed E-state index contributed by atoms with van der Waals surface area (Å²) in [5.41, 5.74) is -0.531. The minimum absolute atomic E-state index is 0.0218. The van der Waals surface area contributed by atoms with Crippen LogP contribution in [0.25, 0.3) is 0 Å². The Labute approximate surface area is 124 Å². The Hall–Kier alpha value is -0.820. The van der Waals surface area contributed by atoms with Gasteiger partial charge in [0.1, 0.15) is 0 Å². The van der Waals surface area contributed by atoms with Crippen molar-refractivity contribution < 1.29 is 13.2 Å². The fourth-order valence-corrected chi connectivity index (χ4v) is 6.20. The number of hydrogen-bond donors (Lipinski definition) is 0. The van der Waals surface area contributed by atoms with Crippen LogP contribution in [-0.4, -0.2) is 53.7 Å². The van der Waals surface area contributed by atoms with E-state index < -0.39 is 15.3 Å². The standard InChI is InChI=1S/C13H20N2O3S2/c1-5-6-15-9-7-20(17,18)8-10(9)19-12(15)14-11(16)13(2,3)4/h5,9-10H,1,6-8H2,2-4H3/t9-,10-/m1/s1. The zero-order chi connectivity index (χ0) is 15.1. The third kappa shape index (κ3) is 3.09. The third-order valence-electron chi connectivity index (χ3n) is 3.34. The first-order valence-corrected chi connectivity index (χ1v) is 9.22. The number of thioether (sulfide) groups is 1. The number of amides is 1. The van der Waals surface area contributed by atoms with E-state index in [0.29, 0.717) is 11.7 Å². The van der Waals surface area contributed by atoms with Crippen molar-refractivity contribution in [3.8, 4) is 0 Å². The molecular formula is C13H20N2O3S2. The van der Waals surface area contributed by atoms with Crippen LogP contribution in [0.5, 0.6) is 0 Å². The summed E-state index contributed by atoms with van der Waals surface area (Å²) in [6.07, 6.45) is 1.71. The van der Waals surface area contributed by atoms with Crippen LogP contribution in [0.2, 0.25) is 0 Å². The maximum Gasteiger partial charge on any atom is 0.253 e. The van der Waals surface area contributed by atoms with Crippen LogP contribution in [-0.2, 0) is 14.6 Å². The van der Waals surface area contributed by atoms with Gasteiger partial charge in [-0.2, -0.15) is 4.99 Å². The van der Waals surface area contributed by atoms with Crippen molar-refractivity contribution in [1.29, 1.82) is 0 Å². The molecule has 1 amide bonds. The normalized spacial score (nSPS) is 30.6. The molecule has 2 fully saturated rings. The van der Waals surface area contributed by atoms with Crippen LogP contribution >= 0.6 is 11.8 Å². The molecule has 2 aliphatic heterocycles. The van der Waals surface area contributed by atoms with E-state index in [1.165, 1.54) is 11.8 Å². The van der Waals surface area contributed by atoms with E-state index in [4.69, 9.17) is 0 Å². The van der Waals surface area contributed by atoms with Crippen molar-refractivity contribution in [2.24, 2.45) is 10.4 Å². The molecule has 2 rings (SSSR count). The van der Waals surface area contributed by atoms with Crippen molar-refractivity contribution in [3.63, 3.8) is 0 Å². The first kappa shape index (κ1) is 15.6. The Morgan fingerprint density at radius 1 is 1.50 bits per heavy atom. The average Bonchev–Trinajstić information content (AvgIpc) is 2.72. The van der Waals surface area contributed by atoms with Crippen molar-refractivity contribution in [2.45, 2.75) is 32.1 Å². The van der Waals surface area contributed by atoms with Crippen molar-refractivity contribution in [1.82, 2.24) is 4.90 Å². The number of fused-ring (bicyclic) bond motifs is 1. The highest BCUT2D eigenvalue weighted by molar-refractivity contribution is 8.15. The van der Waals surface area contributed by atoms with Gasteiger partial charge in [-0.15, -0.1) is 6.58 Å². The number of sulfone groups is 1. The summed E-state index contributed by atoms with van der Waals surface area (Å²) in [5, 5.41) is 0.612. The van der Waals surface area contributed by atoms with Gasteiger partial charge in [0.25, 0.3) is 5.91 Å². The molecule has 0 aromatic rings. The van der Waals surface area contributed by atoms with Crippen LogP contribution in [0.3, 0.4) is 0 Å². The molecule has 0 aromatic heterocycles. The maximum atomic E-state index is 12.0. The van der Waals surface area contributed by atoms with E-state index in [1.54, 1.807) is 6.08 Å². The quantitative estimate of drug-likeness (QED) is 0.719. The Kier molecular flexibility index (Phi) is 4.03. The number of carbonyl (C=O) groups is 1. The van der Waals surface area contributed by atoms with Gasteiger partial charge in [-0.1, -0.05) is 38.6 Å². The summed E-state index contributed by atoms with van der Waals surface area (Å²) >= 11 is 1.40. The monoisotopic (exact) mass is 316 g/mol. The average molecular weight is 316 g/mol. The van der Waals surface area contributed by atoms with Gasteiger partial charge in [0, 0.05) is 17.2 Å². The van der Waals surface area contributed by atoms with Gasteiger partial charge < -0.3 is 4.90 Å². The molecule has 0 aliphatic carbocycles.